The molecule has 0 N–H and O–H groups in total. The van der Waals surface area contributed by atoms with Crippen LogP contribution in [0.15, 0.2) is 164 Å². The molecule has 0 radical (unpaired) electrons. The Morgan fingerprint density at radius 1 is 0.447 bits per heavy atom. The maximum absolute atomic E-state index is 5.17. The number of nitrogens with zero attached hydrogens (tertiary/aromatic N) is 5. The van der Waals surface area contributed by atoms with Crippen LogP contribution in [-0.4, -0.2) is 23.7 Å². The summed E-state index contributed by atoms with van der Waals surface area (Å²) in [7, 11) is 0. The first-order valence-corrected chi connectivity index (χ1v) is 15.8. The maximum atomic E-state index is 5.17. The standard InChI is InChI=1S/C42H27N5/c1-3-12-30(13-4-1)45-22-20-28-23-33-35-24-34-32-16-7-8-18-37(32)47(42-19-9-17-36(44-42)29-11-10-21-43-27-29)41(34)26-40(35)46(39(33)25-38(28)45)31-14-5-2-6-15-31/h1-27H. The Balaban J connectivity index is 1.31. The van der Waals surface area contributed by atoms with Gasteiger partial charge < -0.3 is 9.13 Å². The molecular formula is C42H27N5. The fraction of sp³-hybridized carbons (Fsp3) is 0. The third kappa shape index (κ3) is 3.90. The van der Waals surface area contributed by atoms with Gasteiger partial charge in [-0.3, -0.25) is 9.55 Å². The van der Waals surface area contributed by atoms with Crippen molar-refractivity contribution in [3.8, 4) is 28.5 Å². The SMILES string of the molecule is c1ccc(-n2ccc3cc4c5cc6c7ccccc7n(-c7cccc(-c8cccnc8)n7)c6cc5n(-c5ccccc5)c4cc32)cc1. The third-order valence-electron chi connectivity index (χ3n) is 9.34. The van der Waals surface area contributed by atoms with Crippen LogP contribution in [0.4, 0.5) is 0 Å². The van der Waals surface area contributed by atoms with Gasteiger partial charge in [0, 0.05) is 62.5 Å². The van der Waals surface area contributed by atoms with Crippen molar-refractivity contribution in [3.05, 3.63) is 164 Å². The molecule has 0 aliphatic heterocycles. The molecule has 47 heavy (non-hydrogen) atoms. The summed E-state index contributed by atoms with van der Waals surface area (Å²) in [5.74, 6) is 0.877. The molecule has 10 aromatic rings. The molecule has 0 bridgehead atoms. The van der Waals surface area contributed by atoms with Crippen LogP contribution < -0.4 is 0 Å². The molecule has 0 spiro atoms. The summed E-state index contributed by atoms with van der Waals surface area (Å²) in [6.07, 6.45) is 5.83. The number of fused-ring (bicyclic) bond motifs is 7. The van der Waals surface area contributed by atoms with Crippen LogP contribution in [0, 0.1) is 0 Å². The first-order valence-electron chi connectivity index (χ1n) is 15.8. The summed E-state index contributed by atoms with van der Waals surface area (Å²) in [6, 6.07) is 51.8. The highest BCUT2D eigenvalue weighted by atomic mass is 15.1. The third-order valence-corrected chi connectivity index (χ3v) is 9.34. The van der Waals surface area contributed by atoms with E-state index in [1.165, 1.54) is 38.0 Å². The minimum Gasteiger partial charge on any atom is -0.316 e. The van der Waals surface area contributed by atoms with E-state index in [1.54, 1.807) is 6.20 Å². The van der Waals surface area contributed by atoms with Crippen molar-refractivity contribution in [1.29, 1.82) is 0 Å². The molecule has 5 heterocycles. The lowest BCUT2D eigenvalue weighted by Gasteiger charge is -2.11. The van der Waals surface area contributed by atoms with Gasteiger partial charge in [0.2, 0.25) is 0 Å². The smallest absolute Gasteiger partial charge is 0.138 e. The number of benzene rings is 5. The second-order valence-electron chi connectivity index (χ2n) is 12.0. The summed E-state index contributed by atoms with van der Waals surface area (Å²) < 4.78 is 6.99. The Labute approximate surface area is 270 Å². The molecule has 0 saturated carbocycles. The minimum absolute atomic E-state index is 0.877. The first kappa shape index (κ1) is 25.8. The fourth-order valence-electron chi connectivity index (χ4n) is 7.25. The molecule has 0 saturated heterocycles. The van der Waals surface area contributed by atoms with E-state index in [0.717, 1.165) is 45.0 Å². The van der Waals surface area contributed by atoms with E-state index in [2.05, 4.69) is 158 Å². The zero-order chi connectivity index (χ0) is 30.9. The van der Waals surface area contributed by atoms with Crippen molar-refractivity contribution < 1.29 is 0 Å². The highest BCUT2D eigenvalue weighted by molar-refractivity contribution is 6.20. The summed E-state index contributed by atoms with van der Waals surface area (Å²) in [6.45, 7) is 0. The van der Waals surface area contributed by atoms with Crippen LogP contribution in [0.2, 0.25) is 0 Å². The molecule has 5 heteroatoms. The van der Waals surface area contributed by atoms with E-state index in [0.29, 0.717) is 0 Å². The van der Waals surface area contributed by atoms with E-state index < -0.39 is 0 Å². The summed E-state index contributed by atoms with van der Waals surface area (Å²) in [5, 5.41) is 6.08. The van der Waals surface area contributed by atoms with Crippen molar-refractivity contribution in [3.63, 3.8) is 0 Å². The topological polar surface area (TPSA) is 40.6 Å². The van der Waals surface area contributed by atoms with Gasteiger partial charge in [0.15, 0.2) is 0 Å². The van der Waals surface area contributed by atoms with Crippen LogP contribution in [-0.2, 0) is 0 Å². The number of aromatic nitrogens is 5. The predicted molar refractivity (Wildman–Crippen MR) is 193 cm³/mol. The lowest BCUT2D eigenvalue weighted by atomic mass is 10.1. The molecule has 0 unspecified atom stereocenters. The van der Waals surface area contributed by atoms with Crippen LogP contribution in [0.3, 0.4) is 0 Å². The van der Waals surface area contributed by atoms with Crippen LogP contribution >= 0.6 is 0 Å². The molecule has 10 rings (SSSR count). The first-order chi connectivity index (χ1) is 23.3. The van der Waals surface area contributed by atoms with E-state index in [-0.39, 0.29) is 0 Å². The maximum Gasteiger partial charge on any atom is 0.138 e. The second-order valence-corrected chi connectivity index (χ2v) is 12.0. The molecule has 0 atom stereocenters. The number of rotatable bonds is 4. The minimum atomic E-state index is 0.877. The Morgan fingerprint density at radius 3 is 1.96 bits per heavy atom. The molecule has 220 valence electrons. The monoisotopic (exact) mass is 601 g/mol. The zero-order valence-corrected chi connectivity index (χ0v) is 25.3. The van der Waals surface area contributed by atoms with Crippen molar-refractivity contribution in [2.75, 3.05) is 0 Å². The van der Waals surface area contributed by atoms with E-state index in [4.69, 9.17) is 4.98 Å². The number of pyridine rings is 2. The lowest BCUT2D eigenvalue weighted by Crippen LogP contribution is -1.99. The van der Waals surface area contributed by atoms with Gasteiger partial charge in [0.1, 0.15) is 5.82 Å². The van der Waals surface area contributed by atoms with Gasteiger partial charge >= 0.3 is 0 Å². The van der Waals surface area contributed by atoms with Gasteiger partial charge in [0.05, 0.1) is 33.3 Å². The van der Waals surface area contributed by atoms with Crippen LogP contribution in [0.5, 0.6) is 0 Å². The highest BCUT2D eigenvalue weighted by Gasteiger charge is 2.20. The number of para-hydroxylation sites is 3. The normalized spacial score (nSPS) is 11.8. The van der Waals surface area contributed by atoms with Gasteiger partial charge in [-0.05, 0) is 84.9 Å². The summed E-state index contributed by atoms with van der Waals surface area (Å²) in [5.41, 5.74) is 9.93. The molecule has 5 aromatic carbocycles. The lowest BCUT2D eigenvalue weighted by molar-refractivity contribution is 1.08. The molecule has 5 aromatic heterocycles. The van der Waals surface area contributed by atoms with Gasteiger partial charge in [-0.15, -0.1) is 0 Å². The highest BCUT2D eigenvalue weighted by Crippen LogP contribution is 2.41. The van der Waals surface area contributed by atoms with Gasteiger partial charge in [-0.1, -0.05) is 60.7 Å². The number of hydrogen-bond donors (Lipinski definition) is 0. The quantitative estimate of drug-likeness (QED) is 0.201. The van der Waals surface area contributed by atoms with Crippen molar-refractivity contribution in [2.45, 2.75) is 0 Å². The van der Waals surface area contributed by atoms with Crippen molar-refractivity contribution in [1.82, 2.24) is 23.7 Å². The molecule has 0 aliphatic carbocycles. The fourth-order valence-corrected chi connectivity index (χ4v) is 7.25. The van der Waals surface area contributed by atoms with Gasteiger partial charge in [-0.25, -0.2) is 4.98 Å². The Kier molecular flexibility index (Phi) is 5.51. The Morgan fingerprint density at radius 2 is 1.15 bits per heavy atom. The Hall–Kier alpha value is -6.46. The molecule has 0 aliphatic rings. The molecule has 5 nitrogen and oxygen atoms in total. The average molecular weight is 602 g/mol. The predicted octanol–water partition coefficient (Wildman–Crippen LogP) is 10.3. The number of hydrogen-bond acceptors (Lipinski definition) is 2. The van der Waals surface area contributed by atoms with Crippen molar-refractivity contribution >= 4 is 54.5 Å². The van der Waals surface area contributed by atoms with Crippen molar-refractivity contribution in [2.24, 2.45) is 0 Å². The van der Waals surface area contributed by atoms with Crippen LogP contribution in [0.25, 0.3) is 83.0 Å². The molecular weight excluding hydrogens is 574 g/mol. The van der Waals surface area contributed by atoms with Crippen LogP contribution in [0.1, 0.15) is 0 Å². The van der Waals surface area contributed by atoms with E-state index in [1.807, 2.05) is 18.3 Å². The zero-order valence-electron chi connectivity index (χ0n) is 25.3. The Bertz CT molecular complexity index is 2770. The average Bonchev–Trinajstić information content (AvgIpc) is 3.80. The van der Waals surface area contributed by atoms with Gasteiger partial charge in [-0.2, -0.15) is 0 Å². The van der Waals surface area contributed by atoms with E-state index in [9.17, 15) is 0 Å². The van der Waals surface area contributed by atoms with E-state index >= 15 is 0 Å². The van der Waals surface area contributed by atoms with Gasteiger partial charge in [0.25, 0.3) is 0 Å². The largest absolute Gasteiger partial charge is 0.316 e. The summed E-state index contributed by atoms with van der Waals surface area (Å²) in [4.78, 5) is 9.51. The summed E-state index contributed by atoms with van der Waals surface area (Å²) >= 11 is 0. The molecule has 0 amide bonds. The second kappa shape index (κ2) is 10.0. The molecule has 0 fully saturated rings.